The number of thioether (sulfide) groups is 1. The number of rotatable bonds is 5. The van der Waals surface area contributed by atoms with E-state index in [0.29, 0.717) is 22.3 Å². The number of carbonyl (C=O) groups is 2. The van der Waals surface area contributed by atoms with Gasteiger partial charge in [-0.1, -0.05) is 6.07 Å². The average molecular weight is 461 g/mol. The molecule has 1 aliphatic heterocycles. The first-order valence-corrected chi connectivity index (χ1v) is 10.0. The van der Waals surface area contributed by atoms with Crippen LogP contribution in [-0.2, 0) is 4.79 Å². The topological polar surface area (TPSA) is 79.2 Å². The highest BCUT2D eigenvalue weighted by Crippen LogP contribution is 2.35. The number of halogens is 1. The van der Waals surface area contributed by atoms with E-state index in [1.54, 1.807) is 24.1 Å². The maximum Gasteiger partial charge on any atom is 0.335 e. The number of carboxylic acids is 1. The Morgan fingerprint density at radius 2 is 2.00 bits per heavy atom. The highest BCUT2D eigenvalue weighted by Gasteiger charge is 2.32. The number of hydrogen-bond donors (Lipinski definition) is 1. The number of ether oxygens (including phenoxy) is 1. The summed E-state index contributed by atoms with van der Waals surface area (Å²) in [6, 6.07) is 11.8. The zero-order chi connectivity index (χ0) is 20.3. The molecule has 2 aromatic carbocycles. The van der Waals surface area contributed by atoms with Crippen LogP contribution in [0.3, 0.4) is 0 Å². The summed E-state index contributed by atoms with van der Waals surface area (Å²) < 4.78 is 6.03. The summed E-state index contributed by atoms with van der Waals surface area (Å²) in [6.45, 7) is 2.37. The van der Waals surface area contributed by atoms with E-state index in [1.165, 1.54) is 23.9 Å². The fourth-order valence-electron chi connectivity index (χ4n) is 2.58. The van der Waals surface area contributed by atoms with Gasteiger partial charge < -0.3 is 9.84 Å². The Morgan fingerprint density at radius 3 is 2.57 bits per heavy atom. The first kappa shape index (κ1) is 20.2. The molecular weight excluding hydrogens is 444 g/mol. The van der Waals surface area contributed by atoms with Crippen LogP contribution >= 0.6 is 27.7 Å². The number of amides is 1. The van der Waals surface area contributed by atoms with E-state index in [1.807, 2.05) is 31.2 Å². The number of carbonyl (C=O) groups excluding carboxylic acids is 1. The van der Waals surface area contributed by atoms with Crippen molar-refractivity contribution in [2.75, 3.05) is 13.7 Å². The normalized spacial score (nSPS) is 16.8. The van der Waals surface area contributed by atoms with Gasteiger partial charge in [-0.15, -0.1) is 0 Å². The number of aromatic carboxylic acids is 1. The quantitative estimate of drug-likeness (QED) is 0.649. The number of benzene rings is 2. The van der Waals surface area contributed by atoms with Crippen molar-refractivity contribution >= 4 is 56.5 Å². The Morgan fingerprint density at radius 1 is 1.29 bits per heavy atom. The first-order valence-electron chi connectivity index (χ1n) is 8.40. The van der Waals surface area contributed by atoms with E-state index in [4.69, 9.17) is 9.84 Å². The molecule has 1 N–H and O–H groups in total. The van der Waals surface area contributed by atoms with Crippen molar-refractivity contribution in [3.63, 3.8) is 0 Å². The molecule has 144 valence electrons. The van der Waals surface area contributed by atoms with Crippen LogP contribution in [0.5, 0.6) is 5.75 Å². The van der Waals surface area contributed by atoms with Crippen molar-refractivity contribution in [3.05, 3.63) is 63.0 Å². The van der Waals surface area contributed by atoms with Gasteiger partial charge in [0.25, 0.3) is 5.91 Å². The fraction of sp³-hybridized carbons (Fsp3) is 0.150. The number of aliphatic imine (C=N–C) groups is 1. The van der Waals surface area contributed by atoms with E-state index in [-0.39, 0.29) is 11.5 Å². The van der Waals surface area contributed by atoms with Crippen molar-refractivity contribution in [2.24, 2.45) is 4.99 Å². The summed E-state index contributed by atoms with van der Waals surface area (Å²) in [6.07, 6.45) is 1.82. The third kappa shape index (κ3) is 4.28. The largest absolute Gasteiger partial charge is 0.496 e. The molecule has 2 aromatic rings. The van der Waals surface area contributed by atoms with Crippen LogP contribution < -0.4 is 4.74 Å². The van der Waals surface area contributed by atoms with Crippen LogP contribution in [-0.4, -0.2) is 40.7 Å². The molecular formula is C20H17BrN2O4S. The summed E-state index contributed by atoms with van der Waals surface area (Å²) in [4.78, 5) is 30.4. The number of methoxy groups -OCH3 is 1. The molecule has 28 heavy (non-hydrogen) atoms. The molecule has 0 aliphatic carbocycles. The van der Waals surface area contributed by atoms with Crippen LogP contribution in [0, 0.1) is 0 Å². The predicted octanol–water partition coefficient (Wildman–Crippen LogP) is 4.78. The fourth-order valence-corrected chi connectivity index (χ4v) is 4.20. The Balaban J connectivity index is 1.89. The van der Waals surface area contributed by atoms with Crippen LogP contribution in [0.25, 0.3) is 6.08 Å². The van der Waals surface area contributed by atoms with Crippen molar-refractivity contribution in [1.82, 2.24) is 4.90 Å². The van der Waals surface area contributed by atoms with Crippen molar-refractivity contribution in [2.45, 2.75) is 6.92 Å². The minimum absolute atomic E-state index is 0.111. The Kier molecular flexibility index (Phi) is 6.21. The number of carboxylic acid groups (broad SMARTS) is 1. The van der Waals surface area contributed by atoms with Gasteiger partial charge >= 0.3 is 5.97 Å². The molecule has 0 aromatic heterocycles. The van der Waals surface area contributed by atoms with E-state index in [0.717, 1.165) is 15.8 Å². The van der Waals surface area contributed by atoms with Gasteiger partial charge in [-0.2, -0.15) is 0 Å². The second-order valence-corrected chi connectivity index (χ2v) is 7.66. The molecule has 0 radical (unpaired) electrons. The van der Waals surface area contributed by atoms with E-state index >= 15 is 0 Å². The Bertz CT molecular complexity index is 986. The minimum Gasteiger partial charge on any atom is -0.496 e. The van der Waals surface area contributed by atoms with Gasteiger partial charge in [0.1, 0.15) is 5.75 Å². The zero-order valence-electron chi connectivity index (χ0n) is 15.2. The number of nitrogens with zero attached hydrogens (tertiary/aromatic N) is 2. The van der Waals surface area contributed by atoms with E-state index in [2.05, 4.69) is 20.9 Å². The summed E-state index contributed by atoms with van der Waals surface area (Å²) in [5.74, 6) is -0.383. The zero-order valence-corrected chi connectivity index (χ0v) is 17.6. The van der Waals surface area contributed by atoms with Gasteiger partial charge in [-0.3, -0.25) is 9.69 Å². The number of amidine groups is 1. The lowest BCUT2D eigenvalue weighted by atomic mass is 10.2. The maximum atomic E-state index is 12.7. The smallest absolute Gasteiger partial charge is 0.335 e. The first-order chi connectivity index (χ1) is 13.4. The predicted molar refractivity (Wildman–Crippen MR) is 114 cm³/mol. The van der Waals surface area contributed by atoms with Gasteiger partial charge in [0.05, 0.1) is 27.7 Å². The summed E-state index contributed by atoms with van der Waals surface area (Å²) in [5.41, 5.74) is 1.65. The number of likely N-dealkylation sites (N-methyl/N-ethyl adjacent to an activating group) is 1. The highest BCUT2D eigenvalue weighted by molar-refractivity contribution is 9.10. The standard InChI is InChI=1S/C20H17BrN2O4S/c1-3-23-18(24)17(11-12-4-9-16(27-2)15(21)10-12)28-20(23)22-14-7-5-13(6-8-14)19(25)26/h4-11H,3H2,1-2H3,(H,25,26). The second kappa shape index (κ2) is 8.62. The lowest BCUT2D eigenvalue weighted by Gasteiger charge is -2.12. The van der Waals surface area contributed by atoms with Crippen molar-refractivity contribution < 1.29 is 19.4 Å². The second-order valence-electron chi connectivity index (χ2n) is 5.80. The van der Waals surface area contributed by atoms with Crippen molar-refractivity contribution in [3.8, 4) is 5.75 Å². The third-order valence-corrected chi connectivity index (χ3v) is 5.64. The molecule has 6 nitrogen and oxygen atoms in total. The van der Waals surface area contributed by atoms with E-state index < -0.39 is 5.97 Å². The molecule has 1 aliphatic rings. The molecule has 1 amide bonds. The van der Waals surface area contributed by atoms with Gasteiger partial charge in [0.15, 0.2) is 5.17 Å². The molecule has 0 unspecified atom stereocenters. The third-order valence-electron chi connectivity index (χ3n) is 4.02. The summed E-state index contributed by atoms with van der Waals surface area (Å²) in [5, 5.41) is 9.55. The van der Waals surface area contributed by atoms with Gasteiger partial charge in [-0.05, 0) is 82.7 Å². The molecule has 3 rings (SSSR count). The Hall–Kier alpha value is -2.58. The Labute approximate surface area is 175 Å². The SMILES string of the molecule is CCN1C(=O)C(=Cc2ccc(OC)c(Br)c2)SC1=Nc1ccc(C(=O)O)cc1. The molecule has 0 bridgehead atoms. The van der Waals surface area contributed by atoms with Crippen LogP contribution in [0.2, 0.25) is 0 Å². The highest BCUT2D eigenvalue weighted by atomic mass is 79.9. The summed E-state index contributed by atoms with van der Waals surface area (Å²) in [7, 11) is 1.60. The lowest BCUT2D eigenvalue weighted by molar-refractivity contribution is -0.122. The molecule has 0 atom stereocenters. The van der Waals surface area contributed by atoms with Crippen LogP contribution in [0.15, 0.2) is 56.8 Å². The number of hydrogen-bond acceptors (Lipinski definition) is 5. The monoisotopic (exact) mass is 460 g/mol. The van der Waals surface area contributed by atoms with Gasteiger partial charge in [-0.25, -0.2) is 9.79 Å². The lowest BCUT2D eigenvalue weighted by Crippen LogP contribution is -2.28. The van der Waals surface area contributed by atoms with Crippen LogP contribution in [0.1, 0.15) is 22.8 Å². The molecule has 0 saturated carbocycles. The summed E-state index contributed by atoms with van der Waals surface area (Å²) >= 11 is 4.74. The average Bonchev–Trinajstić information content (AvgIpc) is 2.96. The maximum absolute atomic E-state index is 12.7. The van der Waals surface area contributed by atoms with Crippen LogP contribution in [0.4, 0.5) is 5.69 Å². The molecule has 1 heterocycles. The van der Waals surface area contributed by atoms with Crippen molar-refractivity contribution in [1.29, 1.82) is 0 Å². The van der Waals surface area contributed by atoms with Gasteiger partial charge in [0, 0.05) is 6.54 Å². The van der Waals surface area contributed by atoms with E-state index in [9.17, 15) is 9.59 Å². The van der Waals surface area contributed by atoms with Gasteiger partial charge in [0.2, 0.25) is 0 Å². The molecule has 0 spiro atoms. The molecule has 1 saturated heterocycles. The molecule has 1 fully saturated rings. The minimum atomic E-state index is -0.990. The molecule has 8 heteroatoms.